The zero-order chi connectivity index (χ0) is 12.9. The molecule has 1 aromatic rings. The van der Waals surface area contributed by atoms with Gasteiger partial charge in [-0.05, 0) is 30.0 Å². The predicted octanol–water partition coefficient (Wildman–Crippen LogP) is 2.98. The molecule has 96 valence electrons. The van der Waals surface area contributed by atoms with Crippen LogP contribution in [-0.4, -0.2) is 18.3 Å². The first kappa shape index (κ1) is 14.4. The van der Waals surface area contributed by atoms with Crippen LogP contribution < -0.4 is 5.32 Å². The van der Waals surface area contributed by atoms with E-state index in [1.807, 2.05) is 0 Å². The number of aliphatic hydroxyl groups excluding tert-OH is 1. The lowest BCUT2D eigenvalue weighted by atomic mass is 9.90. The summed E-state index contributed by atoms with van der Waals surface area (Å²) in [5, 5.41) is 12.6. The van der Waals surface area contributed by atoms with Crippen LogP contribution in [0.3, 0.4) is 0 Å². The van der Waals surface area contributed by atoms with Gasteiger partial charge in [-0.25, -0.2) is 4.39 Å². The standard InChI is InChI=1S/C13H19ClFNO/c1-13(2,5-6-17)9-16-8-10-7-11(14)3-4-12(10)15/h3-4,7,16-17H,5-6,8-9H2,1-2H3. The molecule has 0 aliphatic heterocycles. The van der Waals surface area contributed by atoms with E-state index in [0.717, 1.165) is 13.0 Å². The van der Waals surface area contributed by atoms with Gasteiger partial charge in [-0.2, -0.15) is 0 Å². The van der Waals surface area contributed by atoms with Crippen molar-refractivity contribution < 1.29 is 9.50 Å². The van der Waals surface area contributed by atoms with Crippen molar-refractivity contribution in [3.8, 4) is 0 Å². The van der Waals surface area contributed by atoms with Gasteiger partial charge >= 0.3 is 0 Å². The fourth-order valence-electron chi connectivity index (χ4n) is 1.61. The Hall–Kier alpha value is -0.640. The number of rotatable bonds is 6. The van der Waals surface area contributed by atoms with Crippen molar-refractivity contribution in [2.45, 2.75) is 26.8 Å². The van der Waals surface area contributed by atoms with Crippen LogP contribution >= 0.6 is 11.6 Å². The SMILES string of the molecule is CC(C)(CCO)CNCc1cc(Cl)ccc1F. The molecule has 0 radical (unpaired) electrons. The molecule has 2 nitrogen and oxygen atoms in total. The topological polar surface area (TPSA) is 32.3 Å². The average molecular weight is 260 g/mol. The number of nitrogens with one attached hydrogen (secondary N) is 1. The third kappa shape index (κ3) is 5.02. The minimum atomic E-state index is -0.248. The van der Waals surface area contributed by atoms with E-state index in [4.69, 9.17) is 16.7 Å². The van der Waals surface area contributed by atoms with Crippen LogP contribution in [0.4, 0.5) is 4.39 Å². The van der Waals surface area contributed by atoms with Gasteiger partial charge in [-0.1, -0.05) is 25.4 Å². The van der Waals surface area contributed by atoms with Gasteiger partial charge in [-0.15, -0.1) is 0 Å². The lowest BCUT2D eigenvalue weighted by Crippen LogP contribution is -2.30. The zero-order valence-electron chi connectivity index (χ0n) is 10.3. The second-order valence-electron chi connectivity index (χ2n) is 4.98. The Morgan fingerprint density at radius 1 is 1.41 bits per heavy atom. The molecule has 0 saturated heterocycles. The van der Waals surface area contributed by atoms with Gasteiger partial charge in [0.05, 0.1) is 0 Å². The summed E-state index contributed by atoms with van der Waals surface area (Å²) in [6.07, 6.45) is 0.720. The molecule has 0 unspecified atom stereocenters. The molecule has 0 aliphatic rings. The summed E-state index contributed by atoms with van der Waals surface area (Å²) in [6.45, 7) is 5.45. The average Bonchev–Trinajstić information content (AvgIpc) is 2.23. The molecule has 1 rings (SSSR count). The Balaban J connectivity index is 2.48. The lowest BCUT2D eigenvalue weighted by molar-refractivity contribution is 0.207. The van der Waals surface area contributed by atoms with Gasteiger partial charge < -0.3 is 10.4 Å². The Bertz CT molecular complexity index is 368. The van der Waals surface area contributed by atoms with Gasteiger partial charge in [0.2, 0.25) is 0 Å². The summed E-state index contributed by atoms with van der Waals surface area (Å²) in [6, 6.07) is 4.54. The van der Waals surface area contributed by atoms with Crippen LogP contribution in [0.25, 0.3) is 0 Å². The van der Waals surface area contributed by atoms with Crippen LogP contribution in [0.5, 0.6) is 0 Å². The van der Waals surface area contributed by atoms with Crippen molar-refractivity contribution in [1.82, 2.24) is 5.32 Å². The third-order valence-electron chi connectivity index (χ3n) is 2.72. The van der Waals surface area contributed by atoms with Gasteiger partial charge in [0, 0.05) is 30.3 Å². The van der Waals surface area contributed by atoms with E-state index in [-0.39, 0.29) is 17.8 Å². The van der Waals surface area contributed by atoms with Crippen LogP contribution in [0.15, 0.2) is 18.2 Å². The molecule has 0 aliphatic carbocycles. The highest BCUT2D eigenvalue weighted by Crippen LogP contribution is 2.19. The molecule has 2 N–H and O–H groups in total. The van der Waals surface area contributed by atoms with Crippen molar-refractivity contribution in [3.05, 3.63) is 34.6 Å². The summed E-state index contributed by atoms with van der Waals surface area (Å²) < 4.78 is 13.4. The van der Waals surface area contributed by atoms with Gasteiger partial charge in [-0.3, -0.25) is 0 Å². The third-order valence-corrected chi connectivity index (χ3v) is 2.95. The van der Waals surface area contributed by atoms with Crippen LogP contribution in [0, 0.1) is 11.2 Å². The van der Waals surface area contributed by atoms with Crippen LogP contribution in [0.2, 0.25) is 5.02 Å². The Morgan fingerprint density at radius 2 is 2.12 bits per heavy atom. The smallest absolute Gasteiger partial charge is 0.127 e. The Kier molecular flexibility index (Phi) is 5.37. The van der Waals surface area contributed by atoms with E-state index in [9.17, 15) is 4.39 Å². The summed E-state index contributed by atoms with van der Waals surface area (Å²) in [7, 11) is 0. The quantitative estimate of drug-likeness (QED) is 0.823. The highest BCUT2D eigenvalue weighted by atomic mass is 35.5. The fourth-order valence-corrected chi connectivity index (χ4v) is 1.80. The minimum Gasteiger partial charge on any atom is -0.396 e. The number of halogens is 2. The summed E-state index contributed by atoms with van der Waals surface area (Å²) >= 11 is 5.81. The van der Waals surface area contributed by atoms with Gasteiger partial charge in [0.25, 0.3) is 0 Å². The number of hydrogen-bond donors (Lipinski definition) is 2. The maximum absolute atomic E-state index is 13.4. The first-order valence-electron chi connectivity index (χ1n) is 5.70. The monoisotopic (exact) mass is 259 g/mol. The highest BCUT2D eigenvalue weighted by Gasteiger charge is 2.16. The van der Waals surface area contributed by atoms with Crippen LogP contribution in [-0.2, 0) is 6.54 Å². The molecule has 0 heterocycles. The van der Waals surface area contributed by atoms with Crippen molar-refractivity contribution in [2.75, 3.05) is 13.2 Å². The first-order chi connectivity index (χ1) is 7.94. The molecule has 0 fully saturated rings. The molecule has 0 bridgehead atoms. The van der Waals surface area contributed by atoms with Crippen molar-refractivity contribution in [1.29, 1.82) is 0 Å². The minimum absolute atomic E-state index is 0.00377. The summed E-state index contributed by atoms with van der Waals surface area (Å²) in [5.41, 5.74) is 0.571. The molecule has 0 saturated carbocycles. The molecule has 0 amide bonds. The Labute approximate surface area is 107 Å². The van der Waals surface area contributed by atoms with Crippen molar-refractivity contribution in [2.24, 2.45) is 5.41 Å². The summed E-state index contributed by atoms with van der Waals surface area (Å²) in [5.74, 6) is -0.248. The fraction of sp³-hybridized carbons (Fsp3) is 0.538. The second-order valence-corrected chi connectivity index (χ2v) is 5.41. The van der Waals surface area contributed by atoms with Crippen molar-refractivity contribution >= 4 is 11.6 Å². The maximum Gasteiger partial charge on any atom is 0.127 e. The first-order valence-corrected chi connectivity index (χ1v) is 6.08. The number of hydrogen-bond acceptors (Lipinski definition) is 2. The molecule has 0 aromatic heterocycles. The Morgan fingerprint density at radius 3 is 2.76 bits per heavy atom. The largest absolute Gasteiger partial charge is 0.396 e. The van der Waals surface area contributed by atoms with Gasteiger partial charge in [0.15, 0.2) is 0 Å². The molecular weight excluding hydrogens is 241 g/mol. The molecule has 0 atom stereocenters. The highest BCUT2D eigenvalue weighted by molar-refractivity contribution is 6.30. The molecule has 0 spiro atoms. The van der Waals surface area contributed by atoms with E-state index in [2.05, 4.69) is 19.2 Å². The number of benzene rings is 1. The predicted molar refractivity (Wildman–Crippen MR) is 68.6 cm³/mol. The normalized spacial score (nSPS) is 11.8. The second kappa shape index (κ2) is 6.34. The van der Waals surface area contributed by atoms with Crippen molar-refractivity contribution in [3.63, 3.8) is 0 Å². The van der Waals surface area contributed by atoms with E-state index < -0.39 is 0 Å². The molecule has 4 heteroatoms. The molecule has 17 heavy (non-hydrogen) atoms. The van der Waals surface area contributed by atoms with E-state index in [1.165, 1.54) is 12.1 Å². The van der Waals surface area contributed by atoms with E-state index in [0.29, 0.717) is 17.1 Å². The molecule has 1 aromatic carbocycles. The summed E-state index contributed by atoms with van der Waals surface area (Å²) in [4.78, 5) is 0. The maximum atomic E-state index is 13.4. The lowest BCUT2D eigenvalue weighted by Gasteiger charge is -2.24. The van der Waals surface area contributed by atoms with E-state index >= 15 is 0 Å². The zero-order valence-corrected chi connectivity index (χ0v) is 11.0. The number of aliphatic hydroxyl groups is 1. The van der Waals surface area contributed by atoms with E-state index in [1.54, 1.807) is 6.07 Å². The van der Waals surface area contributed by atoms with Gasteiger partial charge in [0.1, 0.15) is 5.82 Å². The van der Waals surface area contributed by atoms with Crippen LogP contribution in [0.1, 0.15) is 25.8 Å². The molecular formula is C13H19ClFNO.